The Labute approximate surface area is 308 Å². The summed E-state index contributed by atoms with van der Waals surface area (Å²) in [6.07, 6.45) is 0. The molecule has 6 aromatic carbocycles. The second-order valence-corrected chi connectivity index (χ2v) is 19.1. The summed E-state index contributed by atoms with van der Waals surface area (Å²) in [6, 6.07) is 45.0. The molecular formula is C51H56. The third kappa shape index (κ3) is 6.26. The predicted octanol–water partition coefficient (Wildman–Crippen LogP) is 14.5. The Morgan fingerprint density at radius 1 is 0.373 bits per heavy atom. The average molecular weight is 669 g/mol. The molecule has 0 fully saturated rings. The third-order valence-corrected chi connectivity index (χ3v) is 11.2. The van der Waals surface area contributed by atoms with Crippen LogP contribution in [-0.4, -0.2) is 0 Å². The van der Waals surface area contributed by atoms with Crippen molar-refractivity contribution >= 4 is 10.8 Å². The van der Waals surface area contributed by atoms with Gasteiger partial charge in [0.25, 0.3) is 0 Å². The summed E-state index contributed by atoms with van der Waals surface area (Å²) in [4.78, 5) is 0. The summed E-state index contributed by atoms with van der Waals surface area (Å²) in [5.41, 5.74) is 17.9. The first kappa shape index (κ1) is 35.0. The predicted molar refractivity (Wildman–Crippen MR) is 222 cm³/mol. The number of hydrogen-bond acceptors (Lipinski definition) is 0. The van der Waals surface area contributed by atoms with E-state index in [1.54, 1.807) is 0 Å². The van der Waals surface area contributed by atoms with E-state index in [1.165, 1.54) is 83.1 Å². The summed E-state index contributed by atoms with van der Waals surface area (Å²) in [5.74, 6) is 0.113. The van der Waals surface area contributed by atoms with Gasteiger partial charge in [-0.2, -0.15) is 0 Å². The lowest BCUT2D eigenvalue weighted by Gasteiger charge is -2.27. The van der Waals surface area contributed by atoms with Crippen LogP contribution in [0, 0.1) is 0 Å². The van der Waals surface area contributed by atoms with Gasteiger partial charge in [-0.25, -0.2) is 0 Å². The molecule has 0 heterocycles. The Morgan fingerprint density at radius 3 is 1.29 bits per heavy atom. The maximum Gasteiger partial charge on any atom is 0.0358 e. The van der Waals surface area contributed by atoms with Crippen LogP contribution >= 0.6 is 0 Å². The fourth-order valence-corrected chi connectivity index (χ4v) is 8.08. The van der Waals surface area contributed by atoms with Gasteiger partial charge in [-0.3, -0.25) is 0 Å². The third-order valence-electron chi connectivity index (χ3n) is 11.2. The van der Waals surface area contributed by atoms with Crippen LogP contribution in [0.1, 0.15) is 128 Å². The largest absolute Gasteiger partial charge is 0.0619 e. The summed E-state index contributed by atoms with van der Waals surface area (Å²) in [7, 11) is 0. The molecule has 0 radical (unpaired) electrons. The molecule has 6 aromatic rings. The van der Waals surface area contributed by atoms with Gasteiger partial charge in [0, 0.05) is 5.92 Å². The zero-order valence-corrected chi connectivity index (χ0v) is 33.0. The van der Waals surface area contributed by atoms with Crippen molar-refractivity contribution < 1.29 is 0 Å². The molecule has 1 aliphatic carbocycles. The molecule has 51 heavy (non-hydrogen) atoms. The van der Waals surface area contributed by atoms with Crippen LogP contribution < -0.4 is 0 Å². The number of rotatable bonds is 3. The highest BCUT2D eigenvalue weighted by atomic mass is 14.4. The van der Waals surface area contributed by atoms with Gasteiger partial charge in [-0.05, 0) is 111 Å². The lowest BCUT2D eigenvalue weighted by molar-refractivity contribution is 0.590. The zero-order chi connectivity index (χ0) is 36.7. The molecule has 7 rings (SSSR count). The molecule has 0 nitrogen and oxygen atoms in total. The first-order valence-corrected chi connectivity index (χ1v) is 18.9. The molecule has 1 aliphatic rings. The molecule has 0 spiro atoms. The van der Waals surface area contributed by atoms with Crippen LogP contribution in [0.25, 0.3) is 44.2 Å². The second kappa shape index (κ2) is 12.1. The van der Waals surface area contributed by atoms with Crippen LogP contribution in [0.15, 0.2) is 115 Å². The summed E-state index contributed by atoms with van der Waals surface area (Å²) >= 11 is 0. The molecule has 0 aromatic heterocycles. The molecule has 1 atom stereocenters. The minimum absolute atomic E-state index is 0.0182. The number of benzene rings is 6. The lowest BCUT2D eigenvalue weighted by atomic mass is 9.77. The topological polar surface area (TPSA) is 0 Å². The van der Waals surface area contributed by atoms with Crippen molar-refractivity contribution in [3.8, 4) is 33.4 Å². The first-order valence-electron chi connectivity index (χ1n) is 18.9. The van der Waals surface area contributed by atoms with Gasteiger partial charge in [0.05, 0.1) is 0 Å². The molecule has 0 bridgehead atoms. The van der Waals surface area contributed by atoms with Crippen molar-refractivity contribution in [2.24, 2.45) is 0 Å². The first-order chi connectivity index (χ1) is 23.8. The van der Waals surface area contributed by atoms with Gasteiger partial charge < -0.3 is 0 Å². The van der Waals surface area contributed by atoms with Gasteiger partial charge >= 0.3 is 0 Å². The van der Waals surface area contributed by atoms with Crippen LogP contribution in [0.5, 0.6) is 0 Å². The molecular weight excluding hydrogens is 613 g/mol. The van der Waals surface area contributed by atoms with Crippen molar-refractivity contribution in [2.45, 2.75) is 111 Å². The van der Waals surface area contributed by atoms with E-state index in [2.05, 4.69) is 198 Å². The van der Waals surface area contributed by atoms with Crippen LogP contribution in [0.3, 0.4) is 0 Å². The molecule has 0 saturated heterocycles. The van der Waals surface area contributed by atoms with E-state index in [0.717, 1.165) is 0 Å². The standard InChI is InChI=1S/C51H56/c1-48(2,3)35-23-17-32(18-24-35)43-39-15-13-14-16-40(39)46-45(34-21-27-37(28-22-34)50(7,8)9)42-31-38(51(10,11)12)29-30-41(42)44(47(43)46)33-19-25-36(26-20-33)49(4,5)6/h13-31,43H,1-12H3. The Balaban J connectivity index is 1.64. The van der Waals surface area contributed by atoms with E-state index in [1.807, 2.05) is 0 Å². The van der Waals surface area contributed by atoms with Gasteiger partial charge in [-0.15, -0.1) is 0 Å². The summed E-state index contributed by atoms with van der Waals surface area (Å²) in [6.45, 7) is 27.7. The monoisotopic (exact) mass is 668 g/mol. The number of hydrogen-bond donors (Lipinski definition) is 0. The number of fused-ring (bicyclic) bond motifs is 4. The molecule has 0 amide bonds. The van der Waals surface area contributed by atoms with Crippen LogP contribution in [0.4, 0.5) is 0 Å². The van der Waals surface area contributed by atoms with Gasteiger partial charge in [-0.1, -0.05) is 192 Å². The van der Waals surface area contributed by atoms with Crippen molar-refractivity contribution in [1.29, 1.82) is 0 Å². The highest BCUT2D eigenvalue weighted by Gasteiger charge is 2.37. The normalized spacial score (nSPS) is 14.9. The van der Waals surface area contributed by atoms with E-state index < -0.39 is 0 Å². The van der Waals surface area contributed by atoms with E-state index in [4.69, 9.17) is 0 Å². The Morgan fingerprint density at radius 2 is 0.804 bits per heavy atom. The molecule has 0 saturated carbocycles. The molecule has 0 N–H and O–H groups in total. The smallest absolute Gasteiger partial charge is 0.0358 e. The molecule has 0 heteroatoms. The van der Waals surface area contributed by atoms with Crippen molar-refractivity contribution in [1.82, 2.24) is 0 Å². The minimum Gasteiger partial charge on any atom is -0.0619 e. The average Bonchev–Trinajstić information content (AvgIpc) is 3.40. The van der Waals surface area contributed by atoms with E-state index >= 15 is 0 Å². The maximum absolute atomic E-state index is 2.50. The van der Waals surface area contributed by atoms with Gasteiger partial charge in [0.2, 0.25) is 0 Å². The van der Waals surface area contributed by atoms with E-state index in [-0.39, 0.29) is 27.6 Å². The maximum atomic E-state index is 2.50. The Kier molecular flexibility index (Phi) is 8.29. The minimum atomic E-state index is 0.0182. The lowest BCUT2D eigenvalue weighted by Crippen LogP contribution is -2.12. The van der Waals surface area contributed by atoms with E-state index in [9.17, 15) is 0 Å². The van der Waals surface area contributed by atoms with Crippen molar-refractivity contribution in [3.05, 3.63) is 154 Å². The molecule has 260 valence electrons. The Bertz CT molecular complexity index is 2230. The molecule has 0 aliphatic heterocycles. The zero-order valence-electron chi connectivity index (χ0n) is 33.0. The van der Waals surface area contributed by atoms with Gasteiger partial charge in [0.1, 0.15) is 0 Å². The second-order valence-electron chi connectivity index (χ2n) is 19.1. The quantitative estimate of drug-likeness (QED) is 0.176. The van der Waals surface area contributed by atoms with E-state index in [0.29, 0.717) is 0 Å². The fourth-order valence-electron chi connectivity index (χ4n) is 8.08. The summed E-state index contributed by atoms with van der Waals surface area (Å²) < 4.78 is 0. The van der Waals surface area contributed by atoms with Crippen LogP contribution in [0.2, 0.25) is 0 Å². The van der Waals surface area contributed by atoms with Crippen molar-refractivity contribution in [3.63, 3.8) is 0 Å². The van der Waals surface area contributed by atoms with Gasteiger partial charge in [0.15, 0.2) is 0 Å². The van der Waals surface area contributed by atoms with Crippen molar-refractivity contribution in [2.75, 3.05) is 0 Å². The van der Waals surface area contributed by atoms with Crippen LogP contribution in [-0.2, 0) is 21.7 Å². The molecule has 1 unspecified atom stereocenters. The highest BCUT2D eigenvalue weighted by molar-refractivity contribution is 6.15. The Hall–Kier alpha value is -4.42. The SMILES string of the molecule is CC(C)(C)c1ccc(-c2c3c(c(-c4ccc(C(C)(C)C)cc4)c4ccc(C(C)(C)C)cc24)C(c2ccc(C(C)(C)C)cc2)c2ccccc2-3)cc1. The highest BCUT2D eigenvalue weighted by Crippen LogP contribution is 2.58. The summed E-state index contributed by atoms with van der Waals surface area (Å²) in [5, 5.41) is 2.65. The fraction of sp³-hybridized carbons (Fsp3) is 0.333.